The van der Waals surface area contributed by atoms with Gasteiger partial charge in [0.25, 0.3) is 0 Å². The van der Waals surface area contributed by atoms with Crippen molar-refractivity contribution in [1.29, 1.82) is 0 Å². The summed E-state index contributed by atoms with van der Waals surface area (Å²) in [6, 6.07) is 0. The van der Waals surface area contributed by atoms with Gasteiger partial charge in [0, 0.05) is 18.8 Å². The molecule has 0 saturated heterocycles. The van der Waals surface area contributed by atoms with Crippen molar-refractivity contribution in [3.63, 3.8) is 0 Å². The Labute approximate surface area is 138 Å². The normalized spacial score (nSPS) is 20.7. The van der Waals surface area contributed by atoms with Crippen molar-refractivity contribution in [1.82, 2.24) is 0 Å². The average molecular weight is 292 g/mol. The highest BCUT2D eigenvalue weighted by Crippen LogP contribution is 2.09. The quantitative estimate of drug-likeness (QED) is 0.292. The molecule has 20 heavy (non-hydrogen) atoms. The minimum atomic E-state index is -3.28. The van der Waals surface area contributed by atoms with Crippen LogP contribution in [-0.2, 0) is 4.79 Å². The molecular weight excluding hydrogens is 248 g/mol. The number of carboxylic acids is 1. The number of allylic oxidation sites excluding steroid dienone is 2. The fourth-order valence-electron chi connectivity index (χ4n) is 1.89. The van der Waals surface area contributed by atoms with E-state index >= 15 is 0 Å². The van der Waals surface area contributed by atoms with E-state index in [1.165, 1.54) is 0 Å². The van der Waals surface area contributed by atoms with Crippen LogP contribution in [0.1, 0.15) is 109 Å². The lowest BCUT2D eigenvalue weighted by atomic mass is 10.1. The van der Waals surface area contributed by atoms with Gasteiger partial charge in [-0.25, -0.2) is 0 Å². The van der Waals surface area contributed by atoms with Gasteiger partial charge in [0.2, 0.25) is 0 Å². The van der Waals surface area contributed by atoms with Gasteiger partial charge in [-0.05, 0) is 32.1 Å². The standard InChI is InChI=1S/C18H34O2/c1-2-3-4-5-6-7-8-9-10-11-12-13-14-15-16-17-18(19)20/h9-10H,2-8,11-17H2,1H3,(H,19,20)/b10-9-/i1D3,2D2,3D2,4D2. The Morgan fingerprint density at radius 2 is 1.55 bits per heavy atom. The Morgan fingerprint density at radius 3 is 2.20 bits per heavy atom. The molecule has 0 aromatic carbocycles. The summed E-state index contributed by atoms with van der Waals surface area (Å²) in [7, 11) is 0. The molecule has 0 aliphatic heterocycles. The summed E-state index contributed by atoms with van der Waals surface area (Å²) in [4.78, 5) is 10.4. The van der Waals surface area contributed by atoms with Crippen LogP contribution in [0.25, 0.3) is 0 Å². The second kappa shape index (κ2) is 16.3. The SMILES string of the molecule is [2H]C([2H])([2H])C([2H])([2H])C([2H])([2H])C([2H])([2H])CCCC/C=C\CCCCCCCC(=O)O. The van der Waals surface area contributed by atoms with E-state index in [0.717, 1.165) is 32.1 Å². The Bertz CT molecular complexity index is 514. The summed E-state index contributed by atoms with van der Waals surface area (Å²) < 4.78 is 68.0. The van der Waals surface area contributed by atoms with Gasteiger partial charge in [-0.15, -0.1) is 0 Å². The van der Waals surface area contributed by atoms with Crippen molar-refractivity contribution in [2.45, 2.75) is 96.6 Å². The number of carboxylic acid groups (broad SMARTS) is 1. The molecule has 0 aromatic heterocycles. The maximum atomic E-state index is 10.4. The molecule has 0 unspecified atom stereocenters. The van der Waals surface area contributed by atoms with Gasteiger partial charge in [-0.3, -0.25) is 4.79 Å². The Morgan fingerprint density at radius 1 is 0.950 bits per heavy atom. The number of carbonyl (C=O) groups is 1. The van der Waals surface area contributed by atoms with Crippen molar-refractivity contribution in [2.24, 2.45) is 0 Å². The third-order valence-electron chi connectivity index (χ3n) is 3.00. The summed E-state index contributed by atoms with van der Waals surface area (Å²) in [5.41, 5.74) is 0. The maximum absolute atomic E-state index is 10.4. The van der Waals surface area contributed by atoms with Gasteiger partial charge < -0.3 is 5.11 Å². The van der Waals surface area contributed by atoms with Crippen molar-refractivity contribution in [3.05, 3.63) is 12.2 Å². The van der Waals surface area contributed by atoms with Crippen molar-refractivity contribution < 1.29 is 22.2 Å². The molecule has 0 radical (unpaired) electrons. The number of aliphatic carboxylic acids is 1. The van der Waals surface area contributed by atoms with E-state index in [1.54, 1.807) is 0 Å². The lowest BCUT2D eigenvalue weighted by Gasteiger charge is -1.99. The molecule has 1 N–H and O–H groups in total. The van der Waals surface area contributed by atoms with Gasteiger partial charge >= 0.3 is 5.97 Å². The lowest BCUT2D eigenvalue weighted by Crippen LogP contribution is -1.93. The monoisotopic (exact) mass is 291 g/mol. The first kappa shape index (κ1) is 8.60. The number of rotatable bonds is 15. The van der Waals surface area contributed by atoms with Crippen molar-refractivity contribution >= 4 is 5.97 Å². The van der Waals surface area contributed by atoms with Crippen LogP contribution in [0, 0.1) is 0 Å². The highest BCUT2D eigenvalue weighted by Gasteiger charge is 1.95. The largest absolute Gasteiger partial charge is 0.481 e. The van der Waals surface area contributed by atoms with E-state index in [0.29, 0.717) is 25.7 Å². The molecule has 0 aliphatic rings. The van der Waals surface area contributed by atoms with Crippen LogP contribution in [0.4, 0.5) is 0 Å². The van der Waals surface area contributed by atoms with Crippen LogP contribution in [0.2, 0.25) is 0 Å². The summed E-state index contributed by atoms with van der Waals surface area (Å²) in [5.74, 6) is -0.756. The summed E-state index contributed by atoms with van der Waals surface area (Å²) in [5, 5.41) is 8.54. The van der Waals surface area contributed by atoms with Gasteiger partial charge in [0.1, 0.15) is 0 Å². The van der Waals surface area contributed by atoms with E-state index < -0.39 is 31.9 Å². The molecule has 2 heteroatoms. The number of hydrogen-bond donors (Lipinski definition) is 1. The minimum Gasteiger partial charge on any atom is -0.481 e. The fraction of sp³-hybridized carbons (Fsp3) is 0.833. The van der Waals surface area contributed by atoms with E-state index in [-0.39, 0.29) is 12.8 Å². The summed E-state index contributed by atoms with van der Waals surface area (Å²) >= 11 is 0. The van der Waals surface area contributed by atoms with Crippen LogP contribution in [0.15, 0.2) is 12.2 Å². The minimum absolute atomic E-state index is 0.222. The molecule has 0 atom stereocenters. The fourth-order valence-corrected chi connectivity index (χ4v) is 1.89. The molecule has 0 spiro atoms. The molecule has 0 amide bonds. The molecule has 0 fully saturated rings. The summed E-state index contributed by atoms with van der Waals surface area (Å²) in [6.07, 6.45) is 2.27. The number of unbranched alkanes of at least 4 members (excludes halogenated alkanes) is 7. The molecule has 0 heterocycles. The molecule has 0 saturated carbocycles. The molecule has 118 valence electrons. The third-order valence-corrected chi connectivity index (χ3v) is 3.00. The predicted molar refractivity (Wildman–Crippen MR) is 87.1 cm³/mol. The van der Waals surface area contributed by atoms with E-state index in [2.05, 4.69) is 0 Å². The van der Waals surface area contributed by atoms with Gasteiger partial charge in [0.05, 0.1) is 0 Å². The molecule has 0 aliphatic carbocycles. The predicted octanol–water partition coefficient (Wildman–Crippen LogP) is 6.11. The van der Waals surface area contributed by atoms with Crippen LogP contribution >= 0.6 is 0 Å². The molecule has 0 rings (SSSR count). The number of hydrogen-bond acceptors (Lipinski definition) is 1. The second-order valence-electron chi connectivity index (χ2n) is 4.84. The topological polar surface area (TPSA) is 37.3 Å². The van der Waals surface area contributed by atoms with Crippen LogP contribution < -0.4 is 0 Å². The zero-order valence-corrected chi connectivity index (χ0v) is 12.3. The third kappa shape index (κ3) is 17.2. The highest BCUT2D eigenvalue weighted by molar-refractivity contribution is 5.66. The molecular formula is C18H34O2. The van der Waals surface area contributed by atoms with Crippen molar-refractivity contribution in [3.8, 4) is 0 Å². The first-order valence-corrected chi connectivity index (χ1v) is 7.53. The van der Waals surface area contributed by atoms with Gasteiger partial charge in [-0.1, -0.05) is 70.2 Å². The van der Waals surface area contributed by atoms with E-state index in [9.17, 15) is 4.79 Å². The zero-order chi connectivity index (χ0) is 22.8. The smallest absolute Gasteiger partial charge is 0.303 e. The first-order valence-electron chi connectivity index (χ1n) is 12.0. The first-order chi connectivity index (χ1) is 13.2. The second-order valence-corrected chi connectivity index (χ2v) is 4.84. The summed E-state index contributed by atoms with van der Waals surface area (Å²) in [6.45, 7) is -3.25. The van der Waals surface area contributed by atoms with Gasteiger partial charge in [0.15, 0.2) is 0 Å². The van der Waals surface area contributed by atoms with E-state index in [1.807, 2.05) is 12.2 Å². The zero-order valence-electron chi connectivity index (χ0n) is 21.3. The molecule has 0 aromatic rings. The maximum Gasteiger partial charge on any atom is 0.303 e. The van der Waals surface area contributed by atoms with Crippen LogP contribution in [-0.4, -0.2) is 11.1 Å². The average Bonchev–Trinajstić information content (AvgIpc) is 2.57. The highest BCUT2D eigenvalue weighted by atomic mass is 16.4. The van der Waals surface area contributed by atoms with Crippen molar-refractivity contribution in [2.75, 3.05) is 0 Å². The van der Waals surface area contributed by atoms with Gasteiger partial charge in [-0.2, -0.15) is 0 Å². The molecule has 0 bridgehead atoms. The Hall–Kier alpha value is -0.790. The Balaban J connectivity index is 4.07. The lowest BCUT2D eigenvalue weighted by molar-refractivity contribution is -0.137. The van der Waals surface area contributed by atoms with E-state index in [4.69, 9.17) is 17.4 Å². The molecule has 2 nitrogen and oxygen atoms in total. The Kier molecular flexibility index (Phi) is 7.00. The van der Waals surface area contributed by atoms with Crippen LogP contribution in [0.3, 0.4) is 0 Å². The van der Waals surface area contributed by atoms with Crippen LogP contribution in [0.5, 0.6) is 0 Å².